The van der Waals surface area contributed by atoms with Crippen LogP contribution < -0.4 is 10.2 Å². The number of hydrogen-bond acceptors (Lipinski definition) is 5. The molecule has 0 unspecified atom stereocenters. The molecule has 4 nitrogen and oxygen atoms in total. The highest BCUT2D eigenvalue weighted by atomic mass is 32.1. The predicted octanol–water partition coefficient (Wildman–Crippen LogP) is 2.67. The van der Waals surface area contributed by atoms with E-state index in [2.05, 4.69) is 51.5 Å². The van der Waals surface area contributed by atoms with Gasteiger partial charge in [-0.3, -0.25) is 4.98 Å². The van der Waals surface area contributed by atoms with Crippen LogP contribution in [-0.2, 0) is 13.1 Å². The number of thiophene rings is 1. The Bertz CT molecular complexity index is 479. The van der Waals surface area contributed by atoms with Crippen molar-refractivity contribution in [2.75, 3.05) is 11.9 Å². The summed E-state index contributed by atoms with van der Waals surface area (Å²) in [6.45, 7) is 5.88. The summed E-state index contributed by atoms with van der Waals surface area (Å²) in [4.78, 5) is 12.3. The molecule has 0 aliphatic carbocycles. The third-order valence-electron chi connectivity index (χ3n) is 2.75. The fraction of sp³-hybridized carbons (Fsp3) is 0.429. The molecule has 102 valence electrons. The summed E-state index contributed by atoms with van der Waals surface area (Å²) in [6, 6.07) is 4.67. The van der Waals surface area contributed by atoms with E-state index in [-0.39, 0.29) is 0 Å². The fourth-order valence-electron chi connectivity index (χ4n) is 1.66. The van der Waals surface area contributed by atoms with Crippen molar-refractivity contribution in [2.24, 2.45) is 0 Å². The lowest BCUT2D eigenvalue weighted by atomic mass is 10.3. The van der Waals surface area contributed by atoms with Crippen LogP contribution in [0.2, 0.25) is 0 Å². The van der Waals surface area contributed by atoms with Crippen molar-refractivity contribution in [1.29, 1.82) is 0 Å². The van der Waals surface area contributed by atoms with Gasteiger partial charge in [-0.1, -0.05) is 19.9 Å². The van der Waals surface area contributed by atoms with Gasteiger partial charge in [0.1, 0.15) is 5.82 Å². The van der Waals surface area contributed by atoms with Gasteiger partial charge < -0.3 is 10.2 Å². The molecule has 1 N–H and O–H groups in total. The number of anilines is 1. The molecule has 0 aliphatic rings. The Hall–Kier alpha value is -1.46. The lowest BCUT2D eigenvalue weighted by Gasteiger charge is -2.17. The monoisotopic (exact) mass is 276 g/mol. The molecule has 0 fully saturated rings. The normalized spacial score (nSPS) is 10.9. The van der Waals surface area contributed by atoms with E-state index in [4.69, 9.17) is 0 Å². The first-order chi connectivity index (χ1) is 9.15. The van der Waals surface area contributed by atoms with Crippen LogP contribution in [0.5, 0.6) is 0 Å². The maximum atomic E-state index is 4.47. The molecule has 0 radical (unpaired) electrons. The standard InChI is InChI=1S/C14H20N4S/c1-11(2)15-7-12-8-17-14(9-16-12)18(3)10-13-5-4-6-19-13/h4-6,8-9,11,15H,7,10H2,1-3H3. The molecule has 2 aromatic heterocycles. The predicted molar refractivity (Wildman–Crippen MR) is 80.4 cm³/mol. The second kappa shape index (κ2) is 6.63. The molecular weight excluding hydrogens is 256 g/mol. The van der Waals surface area contributed by atoms with Crippen LogP contribution in [0.4, 0.5) is 5.82 Å². The maximum absolute atomic E-state index is 4.47. The number of nitrogens with zero attached hydrogens (tertiary/aromatic N) is 3. The van der Waals surface area contributed by atoms with E-state index >= 15 is 0 Å². The SMILES string of the molecule is CC(C)NCc1cnc(N(C)Cc2cccs2)cn1. The van der Waals surface area contributed by atoms with Gasteiger partial charge in [0.05, 0.1) is 24.6 Å². The van der Waals surface area contributed by atoms with Gasteiger partial charge in [-0.25, -0.2) is 4.98 Å². The van der Waals surface area contributed by atoms with Gasteiger partial charge in [-0.15, -0.1) is 11.3 Å². The highest BCUT2D eigenvalue weighted by Crippen LogP contribution is 2.15. The summed E-state index contributed by atoms with van der Waals surface area (Å²) in [7, 11) is 2.04. The van der Waals surface area contributed by atoms with E-state index in [1.807, 2.05) is 19.4 Å². The van der Waals surface area contributed by atoms with Crippen LogP contribution in [-0.4, -0.2) is 23.1 Å². The van der Waals surface area contributed by atoms with Gasteiger partial charge in [-0.05, 0) is 11.4 Å². The molecule has 0 aromatic carbocycles. The van der Waals surface area contributed by atoms with E-state index in [1.54, 1.807) is 11.3 Å². The molecule has 0 spiro atoms. The summed E-state index contributed by atoms with van der Waals surface area (Å²) in [5.41, 5.74) is 0.974. The van der Waals surface area contributed by atoms with E-state index in [9.17, 15) is 0 Å². The lowest BCUT2D eigenvalue weighted by Crippen LogP contribution is -2.23. The molecule has 0 aliphatic heterocycles. The summed E-state index contributed by atoms with van der Waals surface area (Å²) >= 11 is 1.76. The van der Waals surface area contributed by atoms with Crippen molar-refractivity contribution in [1.82, 2.24) is 15.3 Å². The van der Waals surface area contributed by atoms with Gasteiger partial charge in [0, 0.05) is 24.5 Å². The molecule has 5 heteroatoms. The molecule has 0 saturated heterocycles. The fourth-order valence-corrected chi connectivity index (χ4v) is 2.42. The third-order valence-corrected chi connectivity index (χ3v) is 3.61. The van der Waals surface area contributed by atoms with Crippen LogP contribution in [0.15, 0.2) is 29.9 Å². The van der Waals surface area contributed by atoms with Crippen molar-refractivity contribution >= 4 is 17.2 Å². The van der Waals surface area contributed by atoms with Crippen molar-refractivity contribution in [2.45, 2.75) is 33.0 Å². The van der Waals surface area contributed by atoms with Crippen LogP contribution in [0, 0.1) is 0 Å². The van der Waals surface area contributed by atoms with E-state index in [0.717, 1.165) is 24.6 Å². The van der Waals surface area contributed by atoms with Gasteiger partial charge in [0.25, 0.3) is 0 Å². The van der Waals surface area contributed by atoms with Crippen LogP contribution >= 0.6 is 11.3 Å². The quantitative estimate of drug-likeness (QED) is 0.880. The van der Waals surface area contributed by atoms with Crippen LogP contribution in [0.3, 0.4) is 0 Å². The first-order valence-electron chi connectivity index (χ1n) is 6.43. The average Bonchev–Trinajstić information content (AvgIpc) is 2.89. The third kappa shape index (κ3) is 4.29. The Balaban J connectivity index is 1.93. The van der Waals surface area contributed by atoms with Crippen molar-refractivity contribution in [3.8, 4) is 0 Å². The Morgan fingerprint density at radius 3 is 2.74 bits per heavy atom. The smallest absolute Gasteiger partial charge is 0.147 e. The zero-order chi connectivity index (χ0) is 13.7. The van der Waals surface area contributed by atoms with Crippen LogP contribution in [0.25, 0.3) is 0 Å². The lowest BCUT2D eigenvalue weighted by molar-refractivity contribution is 0.580. The molecule has 2 aromatic rings. The van der Waals surface area contributed by atoms with E-state index in [0.29, 0.717) is 6.04 Å². The Morgan fingerprint density at radius 2 is 2.16 bits per heavy atom. The minimum Gasteiger partial charge on any atom is -0.353 e. The van der Waals surface area contributed by atoms with Gasteiger partial charge in [0.2, 0.25) is 0 Å². The summed E-state index contributed by atoms with van der Waals surface area (Å²) in [5.74, 6) is 0.904. The number of nitrogens with one attached hydrogen (secondary N) is 1. The van der Waals surface area contributed by atoms with Gasteiger partial charge >= 0.3 is 0 Å². The largest absolute Gasteiger partial charge is 0.353 e. The molecule has 2 rings (SSSR count). The molecule has 19 heavy (non-hydrogen) atoms. The maximum Gasteiger partial charge on any atom is 0.147 e. The molecule has 2 heterocycles. The number of rotatable bonds is 6. The highest BCUT2D eigenvalue weighted by Gasteiger charge is 2.05. The second-order valence-electron chi connectivity index (χ2n) is 4.84. The summed E-state index contributed by atoms with van der Waals surface area (Å²) < 4.78 is 0. The Labute approximate surface area is 118 Å². The van der Waals surface area contributed by atoms with E-state index < -0.39 is 0 Å². The first-order valence-corrected chi connectivity index (χ1v) is 7.31. The molecule has 0 saturated carbocycles. The average molecular weight is 276 g/mol. The van der Waals surface area contributed by atoms with Gasteiger partial charge in [-0.2, -0.15) is 0 Å². The Kier molecular flexibility index (Phi) is 4.87. The minimum atomic E-state index is 0.461. The first kappa shape index (κ1) is 14.0. The zero-order valence-corrected chi connectivity index (χ0v) is 12.4. The van der Waals surface area contributed by atoms with Gasteiger partial charge in [0.15, 0.2) is 0 Å². The number of aromatic nitrogens is 2. The highest BCUT2D eigenvalue weighted by molar-refractivity contribution is 7.09. The summed E-state index contributed by atoms with van der Waals surface area (Å²) in [5, 5.41) is 5.43. The van der Waals surface area contributed by atoms with E-state index in [1.165, 1.54) is 4.88 Å². The topological polar surface area (TPSA) is 41.1 Å². The summed E-state index contributed by atoms with van der Waals surface area (Å²) in [6.07, 6.45) is 3.68. The minimum absolute atomic E-state index is 0.461. The molecular formula is C14H20N4S. The zero-order valence-electron chi connectivity index (χ0n) is 11.6. The second-order valence-corrected chi connectivity index (χ2v) is 5.87. The van der Waals surface area contributed by atoms with Crippen molar-refractivity contribution in [3.63, 3.8) is 0 Å². The van der Waals surface area contributed by atoms with Crippen molar-refractivity contribution in [3.05, 3.63) is 40.5 Å². The molecule has 0 bridgehead atoms. The van der Waals surface area contributed by atoms with Crippen molar-refractivity contribution < 1.29 is 0 Å². The van der Waals surface area contributed by atoms with Crippen LogP contribution in [0.1, 0.15) is 24.4 Å². The Morgan fingerprint density at radius 1 is 1.32 bits per heavy atom. The molecule has 0 atom stereocenters. The molecule has 0 amide bonds. The number of hydrogen-bond donors (Lipinski definition) is 1.